The first kappa shape index (κ1) is 26.5. The van der Waals surface area contributed by atoms with Crippen LogP contribution in [-0.2, 0) is 22.4 Å². The van der Waals surface area contributed by atoms with Crippen molar-refractivity contribution in [1.29, 1.82) is 0 Å². The fourth-order valence-corrected chi connectivity index (χ4v) is 3.59. The lowest BCUT2D eigenvalue weighted by molar-refractivity contribution is -0.139. The van der Waals surface area contributed by atoms with E-state index < -0.39 is 23.7 Å². The lowest BCUT2D eigenvalue weighted by Gasteiger charge is -2.22. The number of carbonyl (C=O) groups excluding carboxylic acids is 2. The summed E-state index contributed by atoms with van der Waals surface area (Å²) in [6.45, 7) is 5.60. The molecular formula is C29H32N2O5. The molecule has 3 rings (SSSR count). The molecule has 0 aliphatic carbocycles. The molecule has 7 heteroatoms. The number of nitrogens with one attached hydrogen (secondary N) is 2. The minimum atomic E-state index is -1.17. The first-order valence-corrected chi connectivity index (χ1v) is 11.8. The van der Waals surface area contributed by atoms with Gasteiger partial charge in [0, 0.05) is 18.5 Å². The quantitative estimate of drug-likeness (QED) is 0.400. The molecule has 0 radical (unpaired) electrons. The van der Waals surface area contributed by atoms with Crippen molar-refractivity contribution in [3.63, 3.8) is 0 Å². The van der Waals surface area contributed by atoms with Gasteiger partial charge in [0.2, 0.25) is 0 Å². The maximum Gasteiger partial charge on any atom is 0.408 e. The van der Waals surface area contributed by atoms with Gasteiger partial charge < -0.3 is 20.5 Å². The van der Waals surface area contributed by atoms with Gasteiger partial charge in [0.05, 0.1) is 0 Å². The number of carbonyl (C=O) groups is 3. The summed E-state index contributed by atoms with van der Waals surface area (Å²) in [5.74, 6) is -1.37. The Bertz CT molecular complexity index is 1170. The Kier molecular flexibility index (Phi) is 8.84. The van der Waals surface area contributed by atoms with Gasteiger partial charge in [0.25, 0.3) is 5.91 Å². The van der Waals surface area contributed by atoms with Crippen LogP contribution in [0.15, 0.2) is 78.9 Å². The summed E-state index contributed by atoms with van der Waals surface area (Å²) in [5, 5.41) is 14.7. The molecule has 0 bridgehead atoms. The van der Waals surface area contributed by atoms with Crippen molar-refractivity contribution < 1.29 is 24.2 Å². The van der Waals surface area contributed by atoms with Crippen LogP contribution in [0.4, 0.5) is 4.79 Å². The Labute approximate surface area is 211 Å². The molecule has 0 aliphatic rings. The van der Waals surface area contributed by atoms with Gasteiger partial charge in [-0.15, -0.1) is 0 Å². The zero-order valence-electron chi connectivity index (χ0n) is 20.8. The van der Waals surface area contributed by atoms with Gasteiger partial charge >= 0.3 is 12.1 Å². The van der Waals surface area contributed by atoms with E-state index in [-0.39, 0.29) is 12.3 Å². The number of benzene rings is 3. The molecule has 0 saturated carbocycles. The van der Waals surface area contributed by atoms with Gasteiger partial charge in [-0.2, -0.15) is 0 Å². The highest BCUT2D eigenvalue weighted by molar-refractivity contribution is 5.94. The fraction of sp³-hybridized carbons (Fsp3) is 0.276. The molecule has 188 valence electrons. The lowest BCUT2D eigenvalue weighted by Crippen LogP contribution is -2.44. The molecule has 3 aromatic carbocycles. The Morgan fingerprint density at radius 3 is 2.00 bits per heavy atom. The van der Waals surface area contributed by atoms with Gasteiger partial charge in [0.15, 0.2) is 0 Å². The summed E-state index contributed by atoms with van der Waals surface area (Å²) in [6, 6.07) is 23.9. The number of rotatable bonds is 9. The first-order chi connectivity index (χ1) is 17.1. The van der Waals surface area contributed by atoms with E-state index in [1.807, 2.05) is 18.2 Å². The number of ether oxygens (including phenoxy) is 1. The van der Waals surface area contributed by atoms with Gasteiger partial charge in [-0.1, -0.05) is 66.7 Å². The Balaban J connectivity index is 1.49. The molecule has 0 unspecified atom stereocenters. The zero-order chi connectivity index (χ0) is 26.1. The molecule has 0 saturated heterocycles. The highest BCUT2D eigenvalue weighted by Crippen LogP contribution is 2.19. The van der Waals surface area contributed by atoms with Crippen molar-refractivity contribution >= 4 is 18.0 Å². The second-order valence-corrected chi connectivity index (χ2v) is 9.51. The van der Waals surface area contributed by atoms with Crippen LogP contribution in [0.2, 0.25) is 0 Å². The van der Waals surface area contributed by atoms with Crippen LogP contribution < -0.4 is 10.6 Å². The monoisotopic (exact) mass is 488 g/mol. The molecule has 1 atom stereocenters. The van der Waals surface area contributed by atoms with Crippen molar-refractivity contribution in [2.45, 2.75) is 45.3 Å². The largest absolute Gasteiger partial charge is 0.480 e. The van der Waals surface area contributed by atoms with Crippen molar-refractivity contribution in [1.82, 2.24) is 10.6 Å². The summed E-state index contributed by atoms with van der Waals surface area (Å²) in [6.07, 6.45) is -0.0223. The number of carboxylic acid groups (broad SMARTS) is 1. The highest BCUT2D eigenvalue weighted by atomic mass is 16.6. The summed E-state index contributed by atoms with van der Waals surface area (Å²) in [5.41, 5.74) is 3.86. The van der Waals surface area contributed by atoms with E-state index in [2.05, 4.69) is 47.0 Å². The van der Waals surface area contributed by atoms with Crippen LogP contribution in [-0.4, -0.2) is 41.3 Å². The molecule has 0 heterocycles. The molecule has 3 N–H and O–H groups in total. The van der Waals surface area contributed by atoms with E-state index in [4.69, 9.17) is 4.74 Å². The maximum absolute atomic E-state index is 12.5. The molecule has 0 fully saturated rings. The van der Waals surface area contributed by atoms with E-state index in [1.165, 1.54) is 0 Å². The Morgan fingerprint density at radius 2 is 1.42 bits per heavy atom. The number of aliphatic carboxylic acids is 1. The molecule has 0 spiro atoms. The fourth-order valence-electron chi connectivity index (χ4n) is 3.59. The third-order valence-electron chi connectivity index (χ3n) is 5.41. The second kappa shape index (κ2) is 12.0. The zero-order valence-corrected chi connectivity index (χ0v) is 20.8. The van der Waals surface area contributed by atoms with E-state index in [0.717, 1.165) is 16.7 Å². The molecule has 0 aromatic heterocycles. The number of hydrogen-bond acceptors (Lipinski definition) is 4. The van der Waals surface area contributed by atoms with Crippen molar-refractivity contribution in [3.8, 4) is 11.1 Å². The SMILES string of the molecule is CC(C)(C)OC(=O)N[C@@H](Cc1ccc(C(=O)NCCc2ccc(-c3ccccc3)cc2)cc1)C(=O)O. The van der Waals surface area contributed by atoms with Crippen molar-refractivity contribution in [2.75, 3.05) is 6.54 Å². The third-order valence-corrected chi connectivity index (χ3v) is 5.41. The van der Waals surface area contributed by atoms with Gasteiger partial charge in [-0.05, 0) is 61.6 Å². The summed E-state index contributed by atoms with van der Waals surface area (Å²) < 4.78 is 5.14. The predicted molar refractivity (Wildman–Crippen MR) is 139 cm³/mol. The normalized spacial score (nSPS) is 11.9. The molecule has 7 nitrogen and oxygen atoms in total. The highest BCUT2D eigenvalue weighted by Gasteiger charge is 2.24. The van der Waals surface area contributed by atoms with E-state index in [1.54, 1.807) is 45.0 Å². The van der Waals surface area contributed by atoms with E-state index in [0.29, 0.717) is 24.1 Å². The first-order valence-electron chi connectivity index (χ1n) is 11.8. The minimum Gasteiger partial charge on any atom is -0.480 e. The summed E-state index contributed by atoms with van der Waals surface area (Å²) in [7, 11) is 0. The molecule has 3 aromatic rings. The van der Waals surface area contributed by atoms with Gasteiger partial charge in [0.1, 0.15) is 11.6 Å². The molecule has 36 heavy (non-hydrogen) atoms. The Morgan fingerprint density at radius 1 is 0.833 bits per heavy atom. The van der Waals surface area contributed by atoms with Crippen LogP contribution in [0.3, 0.4) is 0 Å². The number of alkyl carbamates (subject to hydrolysis) is 1. The van der Waals surface area contributed by atoms with Crippen molar-refractivity contribution in [2.24, 2.45) is 0 Å². The van der Waals surface area contributed by atoms with Crippen LogP contribution in [0.5, 0.6) is 0 Å². The number of hydrogen-bond donors (Lipinski definition) is 3. The Hall–Kier alpha value is -4.13. The summed E-state index contributed by atoms with van der Waals surface area (Å²) in [4.78, 5) is 36.0. The van der Waals surface area contributed by atoms with Gasteiger partial charge in [-0.3, -0.25) is 4.79 Å². The molecular weight excluding hydrogens is 456 g/mol. The lowest BCUT2D eigenvalue weighted by atomic mass is 10.0. The number of amides is 2. The smallest absolute Gasteiger partial charge is 0.408 e. The number of carboxylic acids is 1. The van der Waals surface area contributed by atoms with Crippen molar-refractivity contribution in [3.05, 3.63) is 95.6 Å². The molecule has 2 amide bonds. The van der Waals surface area contributed by atoms with E-state index >= 15 is 0 Å². The predicted octanol–water partition coefficient (Wildman–Crippen LogP) is 4.85. The van der Waals surface area contributed by atoms with Gasteiger partial charge in [-0.25, -0.2) is 9.59 Å². The third kappa shape index (κ3) is 8.27. The van der Waals surface area contributed by atoms with Crippen LogP contribution in [0.25, 0.3) is 11.1 Å². The van der Waals surface area contributed by atoms with Crippen LogP contribution in [0.1, 0.15) is 42.3 Å². The average molecular weight is 489 g/mol. The van der Waals surface area contributed by atoms with Crippen LogP contribution in [0, 0.1) is 0 Å². The van der Waals surface area contributed by atoms with Crippen LogP contribution >= 0.6 is 0 Å². The minimum absolute atomic E-state index is 0.0649. The second-order valence-electron chi connectivity index (χ2n) is 9.51. The maximum atomic E-state index is 12.5. The summed E-state index contributed by atoms with van der Waals surface area (Å²) >= 11 is 0. The molecule has 0 aliphatic heterocycles. The standard InChI is InChI=1S/C29H32N2O5/c1-29(2,3)36-28(35)31-25(27(33)34)19-21-11-15-24(16-12-21)26(32)30-18-17-20-9-13-23(14-10-20)22-7-5-4-6-8-22/h4-16,25H,17-19H2,1-3H3,(H,30,32)(H,31,35)(H,33,34)/t25-/m0/s1. The topological polar surface area (TPSA) is 105 Å². The van der Waals surface area contributed by atoms with E-state index in [9.17, 15) is 19.5 Å². The average Bonchev–Trinajstić information content (AvgIpc) is 2.84.